The average molecular weight is 356 g/mol. The predicted octanol–water partition coefficient (Wildman–Crippen LogP) is 2.93. The third kappa shape index (κ3) is 6.20. The summed E-state index contributed by atoms with van der Waals surface area (Å²) in [5, 5.41) is 12.0. The molecule has 6 nitrogen and oxygen atoms in total. The van der Waals surface area contributed by atoms with E-state index >= 15 is 0 Å². The van der Waals surface area contributed by atoms with E-state index in [2.05, 4.69) is 5.32 Å². The molecule has 1 amide bonds. The Morgan fingerprint density at radius 1 is 1.25 bits per heavy atom. The van der Waals surface area contributed by atoms with Gasteiger partial charge in [-0.25, -0.2) is 4.79 Å². The van der Waals surface area contributed by atoms with Crippen molar-refractivity contribution in [2.75, 3.05) is 7.11 Å². The number of halogens is 1. The number of nitrogens with one attached hydrogen (secondary N) is 1. The number of ether oxygens (including phenoxy) is 1. The minimum Gasteiger partial charge on any atom is -0.496 e. The first-order valence-corrected chi connectivity index (χ1v) is 8.01. The van der Waals surface area contributed by atoms with E-state index in [0.29, 0.717) is 22.8 Å². The molecular weight excluding hydrogens is 334 g/mol. The first-order chi connectivity index (χ1) is 11.2. The lowest BCUT2D eigenvalue weighted by atomic mass is 10.0. The van der Waals surface area contributed by atoms with Crippen LogP contribution in [0, 0.1) is 5.92 Å². The van der Waals surface area contributed by atoms with Crippen LogP contribution in [0.15, 0.2) is 18.2 Å². The molecule has 24 heavy (non-hydrogen) atoms. The molecule has 0 aliphatic carbocycles. The van der Waals surface area contributed by atoms with Crippen molar-refractivity contribution < 1.29 is 24.2 Å². The minimum atomic E-state index is -1.08. The number of aliphatic carboxylic acids is 1. The highest BCUT2D eigenvalue weighted by Gasteiger charge is 2.22. The number of carbonyl (C=O) groups excluding carboxylic acids is 2. The molecular formula is C17H22ClNO5. The second-order valence-electron chi connectivity index (χ2n) is 5.86. The molecule has 0 aliphatic rings. The van der Waals surface area contributed by atoms with Gasteiger partial charge in [0.2, 0.25) is 5.91 Å². The van der Waals surface area contributed by atoms with E-state index in [1.807, 2.05) is 13.8 Å². The number of amides is 1. The number of carbonyl (C=O) groups is 3. The van der Waals surface area contributed by atoms with Gasteiger partial charge < -0.3 is 15.2 Å². The Kier molecular flexibility index (Phi) is 7.71. The summed E-state index contributed by atoms with van der Waals surface area (Å²) in [6, 6.07) is 3.72. The van der Waals surface area contributed by atoms with Crippen LogP contribution in [0.1, 0.15) is 43.5 Å². The Morgan fingerprint density at radius 2 is 1.92 bits per heavy atom. The van der Waals surface area contributed by atoms with Gasteiger partial charge in [-0.05, 0) is 30.5 Å². The van der Waals surface area contributed by atoms with Gasteiger partial charge in [0.25, 0.3) is 0 Å². The fourth-order valence-electron chi connectivity index (χ4n) is 2.22. The van der Waals surface area contributed by atoms with Gasteiger partial charge >= 0.3 is 5.97 Å². The van der Waals surface area contributed by atoms with Gasteiger partial charge in [0.05, 0.1) is 12.7 Å². The molecule has 1 unspecified atom stereocenters. The molecule has 1 aromatic rings. The first-order valence-electron chi connectivity index (χ1n) is 7.63. The molecule has 1 aromatic carbocycles. The predicted molar refractivity (Wildman–Crippen MR) is 90.6 cm³/mol. The molecule has 2 N–H and O–H groups in total. The molecule has 0 saturated carbocycles. The number of benzene rings is 1. The molecule has 0 saturated heterocycles. The molecule has 1 rings (SSSR count). The number of hydrogen-bond donors (Lipinski definition) is 2. The summed E-state index contributed by atoms with van der Waals surface area (Å²) in [7, 11) is 1.44. The molecule has 0 aliphatic heterocycles. The van der Waals surface area contributed by atoms with Crippen molar-refractivity contribution in [1.82, 2.24) is 5.32 Å². The largest absolute Gasteiger partial charge is 0.496 e. The van der Waals surface area contributed by atoms with Gasteiger partial charge in [-0.2, -0.15) is 0 Å². The summed E-state index contributed by atoms with van der Waals surface area (Å²) in [4.78, 5) is 35.3. The summed E-state index contributed by atoms with van der Waals surface area (Å²) in [5.74, 6) is -1.34. The lowest BCUT2D eigenvalue weighted by molar-refractivity contribution is -0.142. The van der Waals surface area contributed by atoms with E-state index in [4.69, 9.17) is 21.4 Å². The fraction of sp³-hybridized carbons (Fsp3) is 0.471. The number of Topliss-reactive ketones (excluding diaryl/α,β-unsaturated/α-hetero) is 1. The zero-order chi connectivity index (χ0) is 18.3. The Labute approximate surface area is 146 Å². The van der Waals surface area contributed by atoms with Gasteiger partial charge in [-0.15, -0.1) is 0 Å². The molecule has 0 radical (unpaired) electrons. The highest BCUT2D eigenvalue weighted by molar-refractivity contribution is 6.31. The van der Waals surface area contributed by atoms with Crippen LogP contribution < -0.4 is 10.1 Å². The number of methoxy groups -OCH3 is 1. The zero-order valence-corrected chi connectivity index (χ0v) is 14.7. The summed E-state index contributed by atoms with van der Waals surface area (Å²) in [6.45, 7) is 3.74. The van der Waals surface area contributed by atoms with E-state index in [1.54, 1.807) is 12.1 Å². The minimum absolute atomic E-state index is 0.0590. The molecule has 132 valence electrons. The average Bonchev–Trinajstić information content (AvgIpc) is 2.51. The van der Waals surface area contributed by atoms with Crippen LogP contribution in [0.4, 0.5) is 0 Å². The molecule has 0 heterocycles. The van der Waals surface area contributed by atoms with Crippen LogP contribution in [0.25, 0.3) is 0 Å². The second kappa shape index (κ2) is 9.27. The van der Waals surface area contributed by atoms with Gasteiger partial charge in [-0.3, -0.25) is 9.59 Å². The SMILES string of the molecule is COc1ccc(Cl)cc1C(=O)CCC(=O)NC(CC(C)C)C(=O)O. The number of carboxylic acid groups (broad SMARTS) is 1. The Bertz CT molecular complexity index is 615. The fourth-order valence-corrected chi connectivity index (χ4v) is 2.39. The maximum Gasteiger partial charge on any atom is 0.326 e. The van der Waals surface area contributed by atoms with Crippen molar-refractivity contribution in [2.24, 2.45) is 5.92 Å². The van der Waals surface area contributed by atoms with Gasteiger partial charge in [0.1, 0.15) is 11.8 Å². The Hall–Kier alpha value is -2.08. The number of hydrogen-bond acceptors (Lipinski definition) is 4. The smallest absolute Gasteiger partial charge is 0.326 e. The van der Waals surface area contributed by atoms with Crippen LogP contribution in [0.3, 0.4) is 0 Å². The topological polar surface area (TPSA) is 92.7 Å². The van der Waals surface area contributed by atoms with Crippen molar-refractivity contribution >= 4 is 29.3 Å². The Morgan fingerprint density at radius 3 is 2.46 bits per heavy atom. The molecule has 0 fully saturated rings. The summed E-state index contributed by atoms with van der Waals surface area (Å²) in [5.41, 5.74) is 0.301. The standard InChI is InChI=1S/C17H22ClNO5/c1-10(2)8-13(17(22)23)19-16(21)7-5-14(20)12-9-11(18)4-6-15(12)24-3/h4,6,9-10,13H,5,7-8H2,1-3H3,(H,19,21)(H,22,23). The number of rotatable bonds is 9. The number of carboxylic acids is 1. The van der Waals surface area contributed by atoms with Crippen LogP contribution in [0.2, 0.25) is 5.02 Å². The maximum atomic E-state index is 12.2. The molecule has 0 spiro atoms. The van der Waals surface area contributed by atoms with Gasteiger partial charge in [-0.1, -0.05) is 25.4 Å². The molecule has 0 aromatic heterocycles. The summed E-state index contributed by atoms with van der Waals surface area (Å²) in [6.07, 6.45) is 0.171. The summed E-state index contributed by atoms with van der Waals surface area (Å²) >= 11 is 5.88. The first kappa shape index (κ1) is 20.0. The Balaban J connectivity index is 2.65. The normalized spacial score (nSPS) is 11.9. The maximum absolute atomic E-state index is 12.2. The van der Waals surface area contributed by atoms with Crippen LogP contribution in [0.5, 0.6) is 5.75 Å². The highest BCUT2D eigenvalue weighted by Crippen LogP contribution is 2.24. The van der Waals surface area contributed by atoms with Crippen LogP contribution >= 0.6 is 11.6 Å². The van der Waals surface area contributed by atoms with Crippen molar-refractivity contribution in [3.05, 3.63) is 28.8 Å². The summed E-state index contributed by atoms with van der Waals surface area (Å²) < 4.78 is 5.11. The van der Waals surface area contributed by atoms with E-state index in [1.165, 1.54) is 13.2 Å². The zero-order valence-electron chi connectivity index (χ0n) is 14.0. The van der Waals surface area contributed by atoms with Crippen LogP contribution in [-0.4, -0.2) is 35.9 Å². The van der Waals surface area contributed by atoms with Crippen molar-refractivity contribution in [3.8, 4) is 5.75 Å². The van der Waals surface area contributed by atoms with Gasteiger partial charge in [0, 0.05) is 17.9 Å². The quantitative estimate of drug-likeness (QED) is 0.664. The molecule has 0 bridgehead atoms. The second-order valence-corrected chi connectivity index (χ2v) is 6.29. The van der Waals surface area contributed by atoms with Crippen molar-refractivity contribution in [2.45, 2.75) is 39.2 Å². The third-order valence-corrected chi connectivity index (χ3v) is 3.62. The van der Waals surface area contributed by atoms with Crippen LogP contribution in [-0.2, 0) is 9.59 Å². The monoisotopic (exact) mass is 355 g/mol. The van der Waals surface area contributed by atoms with Crippen molar-refractivity contribution in [3.63, 3.8) is 0 Å². The number of ketones is 1. The molecule has 7 heteroatoms. The van der Waals surface area contributed by atoms with Crippen molar-refractivity contribution in [1.29, 1.82) is 0 Å². The van der Waals surface area contributed by atoms with Gasteiger partial charge in [0.15, 0.2) is 5.78 Å². The lowest BCUT2D eigenvalue weighted by Crippen LogP contribution is -2.41. The van der Waals surface area contributed by atoms with E-state index in [0.717, 1.165) is 0 Å². The molecule has 1 atom stereocenters. The highest BCUT2D eigenvalue weighted by atomic mass is 35.5. The lowest BCUT2D eigenvalue weighted by Gasteiger charge is -2.16. The van der Waals surface area contributed by atoms with E-state index in [9.17, 15) is 14.4 Å². The van der Waals surface area contributed by atoms with E-state index < -0.39 is 17.9 Å². The van der Waals surface area contributed by atoms with E-state index in [-0.39, 0.29) is 24.5 Å². The third-order valence-electron chi connectivity index (χ3n) is 3.38.